The number of piperidine rings is 1. The fourth-order valence-corrected chi connectivity index (χ4v) is 3.52. The number of carbonyl (C=O) groups is 1. The minimum absolute atomic E-state index is 0.319. The second kappa shape index (κ2) is 7.99. The minimum Gasteiger partial charge on any atom is -0.481 e. The molecule has 20 heavy (non-hydrogen) atoms. The summed E-state index contributed by atoms with van der Waals surface area (Å²) in [6, 6.07) is 0.565. The third-order valence-electron chi connectivity index (χ3n) is 4.84. The van der Waals surface area contributed by atoms with Crippen molar-refractivity contribution in [2.24, 2.45) is 11.8 Å². The highest BCUT2D eigenvalue weighted by Gasteiger charge is 2.28. The molecule has 0 amide bonds. The van der Waals surface area contributed by atoms with Gasteiger partial charge in [0.15, 0.2) is 0 Å². The Morgan fingerprint density at radius 3 is 2.70 bits per heavy atom. The van der Waals surface area contributed by atoms with Crippen LogP contribution in [0.1, 0.15) is 51.9 Å². The van der Waals surface area contributed by atoms with Crippen LogP contribution < -0.4 is 5.32 Å². The zero-order valence-electron chi connectivity index (χ0n) is 12.8. The molecule has 2 N–H and O–H groups in total. The molecule has 2 rings (SSSR count). The summed E-state index contributed by atoms with van der Waals surface area (Å²) in [5, 5.41) is 12.6. The van der Waals surface area contributed by atoms with Gasteiger partial charge in [-0.25, -0.2) is 0 Å². The normalized spacial score (nSPS) is 28.2. The van der Waals surface area contributed by atoms with Crippen LogP contribution in [0.15, 0.2) is 0 Å². The Morgan fingerprint density at radius 2 is 2.10 bits per heavy atom. The highest BCUT2D eigenvalue weighted by atomic mass is 16.4. The molecular weight excluding hydrogens is 252 g/mol. The molecule has 116 valence electrons. The molecule has 0 aromatic heterocycles. The van der Waals surface area contributed by atoms with E-state index < -0.39 is 5.97 Å². The van der Waals surface area contributed by atoms with Gasteiger partial charge in [0.25, 0.3) is 0 Å². The molecule has 1 heterocycles. The molecule has 0 aromatic rings. The van der Waals surface area contributed by atoms with Crippen LogP contribution in [-0.2, 0) is 4.79 Å². The summed E-state index contributed by atoms with van der Waals surface area (Å²) < 4.78 is 0. The van der Waals surface area contributed by atoms with E-state index in [-0.39, 0.29) is 0 Å². The van der Waals surface area contributed by atoms with E-state index in [0.29, 0.717) is 18.4 Å². The second-order valence-electron chi connectivity index (χ2n) is 6.70. The molecule has 0 spiro atoms. The number of likely N-dealkylation sites (tertiary alicyclic amines) is 1. The van der Waals surface area contributed by atoms with Gasteiger partial charge in [0.2, 0.25) is 0 Å². The maximum atomic E-state index is 10.8. The van der Waals surface area contributed by atoms with Gasteiger partial charge >= 0.3 is 5.97 Å². The molecule has 1 saturated heterocycles. The third-order valence-corrected chi connectivity index (χ3v) is 4.84. The molecule has 0 radical (unpaired) electrons. The number of nitrogens with zero attached hydrogens (tertiary/aromatic N) is 1. The average Bonchev–Trinajstić information content (AvgIpc) is 2.35. The molecule has 2 fully saturated rings. The van der Waals surface area contributed by atoms with Gasteiger partial charge in [0, 0.05) is 25.6 Å². The van der Waals surface area contributed by atoms with Crippen LogP contribution in [0.2, 0.25) is 0 Å². The van der Waals surface area contributed by atoms with Crippen molar-refractivity contribution in [1.82, 2.24) is 10.2 Å². The lowest BCUT2D eigenvalue weighted by Gasteiger charge is -2.39. The van der Waals surface area contributed by atoms with E-state index in [1.807, 2.05) is 0 Å². The van der Waals surface area contributed by atoms with E-state index in [1.165, 1.54) is 25.7 Å². The number of carboxylic acid groups (broad SMARTS) is 1. The van der Waals surface area contributed by atoms with Crippen molar-refractivity contribution in [2.45, 2.75) is 57.9 Å². The first kappa shape index (κ1) is 15.8. The summed E-state index contributed by atoms with van der Waals surface area (Å²) >= 11 is 0. The minimum atomic E-state index is -0.656. The lowest BCUT2D eigenvalue weighted by molar-refractivity contribution is -0.137. The van der Waals surface area contributed by atoms with Crippen LogP contribution >= 0.6 is 0 Å². The summed E-state index contributed by atoms with van der Waals surface area (Å²) in [6.45, 7) is 6.76. The van der Waals surface area contributed by atoms with Gasteiger partial charge in [-0.15, -0.1) is 0 Å². The number of hydrogen-bond acceptors (Lipinski definition) is 3. The number of rotatable bonds is 8. The summed E-state index contributed by atoms with van der Waals surface area (Å²) in [5.41, 5.74) is 0. The maximum Gasteiger partial charge on any atom is 0.303 e. The van der Waals surface area contributed by atoms with Crippen molar-refractivity contribution in [2.75, 3.05) is 26.2 Å². The molecule has 4 nitrogen and oxygen atoms in total. The van der Waals surface area contributed by atoms with Gasteiger partial charge in [-0.05, 0) is 57.0 Å². The molecule has 0 aromatic carbocycles. The van der Waals surface area contributed by atoms with Gasteiger partial charge in [-0.2, -0.15) is 0 Å². The first-order chi connectivity index (χ1) is 9.67. The standard InChI is InChI=1S/C16H30N2O2/c1-2-8-18-11-14(6-7-16(19)20)9-15(12-18)17-10-13-4-3-5-13/h13-15,17H,2-12H2,1H3,(H,19,20). The van der Waals surface area contributed by atoms with Crippen molar-refractivity contribution in [3.63, 3.8) is 0 Å². The van der Waals surface area contributed by atoms with Crippen LogP contribution in [0.5, 0.6) is 0 Å². The van der Waals surface area contributed by atoms with Gasteiger partial charge in [0.1, 0.15) is 0 Å². The van der Waals surface area contributed by atoms with Crippen molar-refractivity contribution in [3.8, 4) is 0 Å². The van der Waals surface area contributed by atoms with Gasteiger partial charge in [-0.3, -0.25) is 4.79 Å². The van der Waals surface area contributed by atoms with E-state index in [2.05, 4.69) is 17.1 Å². The zero-order chi connectivity index (χ0) is 14.4. The summed E-state index contributed by atoms with van der Waals surface area (Å²) in [6.07, 6.45) is 7.67. The van der Waals surface area contributed by atoms with Crippen LogP contribution in [0, 0.1) is 11.8 Å². The van der Waals surface area contributed by atoms with Crippen molar-refractivity contribution in [3.05, 3.63) is 0 Å². The molecule has 0 bridgehead atoms. The monoisotopic (exact) mass is 282 g/mol. The van der Waals surface area contributed by atoms with Crippen molar-refractivity contribution < 1.29 is 9.90 Å². The molecular formula is C16H30N2O2. The Labute approximate surface area is 122 Å². The van der Waals surface area contributed by atoms with Crippen LogP contribution in [0.4, 0.5) is 0 Å². The molecule has 2 aliphatic rings. The Hall–Kier alpha value is -0.610. The van der Waals surface area contributed by atoms with Gasteiger partial charge in [0.05, 0.1) is 0 Å². The zero-order valence-corrected chi connectivity index (χ0v) is 12.8. The smallest absolute Gasteiger partial charge is 0.303 e. The highest BCUT2D eigenvalue weighted by Crippen LogP contribution is 2.26. The third kappa shape index (κ3) is 5.06. The Morgan fingerprint density at radius 1 is 1.30 bits per heavy atom. The topological polar surface area (TPSA) is 52.6 Å². The fraction of sp³-hybridized carbons (Fsp3) is 0.938. The van der Waals surface area contributed by atoms with Gasteiger partial charge < -0.3 is 15.3 Å². The molecule has 2 atom stereocenters. The van der Waals surface area contributed by atoms with Crippen molar-refractivity contribution in [1.29, 1.82) is 0 Å². The highest BCUT2D eigenvalue weighted by molar-refractivity contribution is 5.66. The van der Waals surface area contributed by atoms with Crippen LogP contribution in [0.3, 0.4) is 0 Å². The second-order valence-corrected chi connectivity index (χ2v) is 6.70. The SMILES string of the molecule is CCCN1CC(CCC(=O)O)CC(NCC2CCC2)C1. The number of aliphatic carboxylic acids is 1. The first-order valence-corrected chi connectivity index (χ1v) is 8.35. The number of nitrogens with one attached hydrogen (secondary N) is 1. The summed E-state index contributed by atoms with van der Waals surface area (Å²) in [4.78, 5) is 13.3. The average molecular weight is 282 g/mol. The summed E-state index contributed by atoms with van der Waals surface area (Å²) in [5.74, 6) is 0.788. The first-order valence-electron chi connectivity index (χ1n) is 8.35. The molecule has 1 aliphatic heterocycles. The van der Waals surface area contributed by atoms with Crippen molar-refractivity contribution >= 4 is 5.97 Å². The van der Waals surface area contributed by atoms with E-state index >= 15 is 0 Å². The summed E-state index contributed by atoms with van der Waals surface area (Å²) in [7, 11) is 0. The van der Waals surface area contributed by atoms with Crippen LogP contribution in [-0.4, -0.2) is 48.2 Å². The van der Waals surface area contributed by atoms with E-state index in [1.54, 1.807) is 0 Å². The maximum absolute atomic E-state index is 10.8. The Balaban J connectivity index is 1.77. The van der Waals surface area contributed by atoms with E-state index in [4.69, 9.17) is 5.11 Å². The van der Waals surface area contributed by atoms with E-state index in [0.717, 1.165) is 44.9 Å². The number of hydrogen-bond donors (Lipinski definition) is 2. The fourth-order valence-electron chi connectivity index (χ4n) is 3.52. The molecule has 2 unspecified atom stereocenters. The predicted octanol–water partition coefficient (Wildman–Crippen LogP) is 2.34. The predicted molar refractivity (Wildman–Crippen MR) is 80.8 cm³/mol. The quantitative estimate of drug-likeness (QED) is 0.717. The van der Waals surface area contributed by atoms with E-state index in [9.17, 15) is 4.79 Å². The lowest BCUT2D eigenvalue weighted by atomic mass is 9.84. The molecule has 4 heteroatoms. The molecule has 1 aliphatic carbocycles. The van der Waals surface area contributed by atoms with Gasteiger partial charge in [-0.1, -0.05) is 13.3 Å². The lowest BCUT2D eigenvalue weighted by Crippen LogP contribution is -2.50. The number of carboxylic acids is 1. The Bertz CT molecular complexity index is 305. The Kier molecular flexibility index (Phi) is 6.30. The van der Waals surface area contributed by atoms with Crippen LogP contribution in [0.25, 0.3) is 0 Å². The largest absolute Gasteiger partial charge is 0.481 e. The molecule has 1 saturated carbocycles.